The van der Waals surface area contributed by atoms with Crippen LogP contribution in [-0.4, -0.2) is 24.7 Å². The standard InChI is InChI=1S/C14H18N2O2/c17-14(10-4-2-1-3-5-10)18-12-6-7-13-11(8-12)9-15-16-13/h1-5,11-13,15-16H,6-9H2. The van der Waals surface area contributed by atoms with Crippen LogP contribution in [0.3, 0.4) is 0 Å². The highest BCUT2D eigenvalue weighted by Crippen LogP contribution is 2.28. The van der Waals surface area contributed by atoms with Crippen molar-refractivity contribution in [3.05, 3.63) is 35.9 Å². The second-order valence-corrected chi connectivity index (χ2v) is 5.10. The molecule has 3 unspecified atom stereocenters. The number of carbonyl (C=O) groups excluding carboxylic acids is 1. The number of carbonyl (C=O) groups is 1. The van der Waals surface area contributed by atoms with Gasteiger partial charge in [-0.3, -0.25) is 10.9 Å². The van der Waals surface area contributed by atoms with Gasteiger partial charge in [0.15, 0.2) is 0 Å². The molecule has 1 aromatic rings. The molecule has 0 aromatic heterocycles. The van der Waals surface area contributed by atoms with Crippen molar-refractivity contribution in [2.45, 2.75) is 31.4 Å². The zero-order valence-corrected chi connectivity index (χ0v) is 10.3. The molecule has 1 saturated carbocycles. The minimum Gasteiger partial charge on any atom is -0.459 e. The zero-order chi connectivity index (χ0) is 12.4. The molecule has 4 heteroatoms. The fourth-order valence-corrected chi connectivity index (χ4v) is 2.86. The molecule has 18 heavy (non-hydrogen) atoms. The van der Waals surface area contributed by atoms with Crippen molar-refractivity contribution in [3.63, 3.8) is 0 Å². The summed E-state index contributed by atoms with van der Waals surface area (Å²) in [4.78, 5) is 12.0. The number of rotatable bonds is 2. The van der Waals surface area contributed by atoms with E-state index in [0.717, 1.165) is 25.8 Å². The predicted molar refractivity (Wildman–Crippen MR) is 67.9 cm³/mol. The Morgan fingerprint density at radius 3 is 2.89 bits per heavy atom. The van der Waals surface area contributed by atoms with E-state index in [2.05, 4.69) is 10.9 Å². The summed E-state index contributed by atoms with van der Waals surface area (Å²) in [5.41, 5.74) is 7.09. The monoisotopic (exact) mass is 246 g/mol. The van der Waals surface area contributed by atoms with Crippen LogP contribution in [0.15, 0.2) is 30.3 Å². The molecule has 2 fully saturated rings. The number of hydrogen-bond acceptors (Lipinski definition) is 4. The smallest absolute Gasteiger partial charge is 0.338 e. The molecule has 1 heterocycles. The highest BCUT2D eigenvalue weighted by molar-refractivity contribution is 5.89. The van der Waals surface area contributed by atoms with Crippen LogP contribution in [0.5, 0.6) is 0 Å². The molecule has 2 aliphatic rings. The van der Waals surface area contributed by atoms with Crippen molar-refractivity contribution in [2.24, 2.45) is 5.92 Å². The van der Waals surface area contributed by atoms with Crippen LogP contribution in [0, 0.1) is 5.92 Å². The lowest BCUT2D eigenvalue weighted by Crippen LogP contribution is -2.38. The van der Waals surface area contributed by atoms with E-state index in [1.165, 1.54) is 0 Å². The molecule has 2 N–H and O–H groups in total. The second kappa shape index (κ2) is 5.08. The Morgan fingerprint density at radius 2 is 2.06 bits per heavy atom. The Bertz CT molecular complexity index is 421. The van der Waals surface area contributed by atoms with E-state index >= 15 is 0 Å². The molecule has 0 bridgehead atoms. The highest BCUT2D eigenvalue weighted by Gasteiger charge is 2.35. The number of nitrogens with one attached hydrogen (secondary N) is 2. The maximum absolute atomic E-state index is 12.0. The molecule has 4 nitrogen and oxygen atoms in total. The summed E-state index contributed by atoms with van der Waals surface area (Å²) in [5.74, 6) is 0.394. The van der Waals surface area contributed by atoms with E-state index in [1.54, 1.807) is 12.1 Å². The zero-order valence-electron chi connectivity index (χ0n) is 10.3. The minimum atomic E-state index is -0.196. The van der Waals surface area contributed by atoms with Crippen LogP contribution >= 0.6 is 0 Å². The van der Waals surface area contributed by atoms with Crippen molar-refractivity contribution in [1.82, 2.24) is 10.9 Å². The lowest BCUT2D eigenvalue weighted by molar-refractivity contribution is 0.0136. The number of hydrogen-bond donors (Lipinski definition) is 2. The predicted octanol–water partition coefficient (Wildman–Crippen LogP) is 1.49. The molecule has 0 radical (unpaired) electrons. The van der Waals surface area contributed by atoms with Gasteiger partial charge in [0.05, 0.1) is 5.56 Å². The van der Waals surface area contributed by atoms with Crippen LogP contribution < -0.4 is 10.9 Å². The van der Waals surface area contributed by atoms with E-state index in [9.17, 15) is 4.79 Å². The Kier molecular flexibility index (Phi) is 3.30. The fourth-order valence-electron chi connectivity index (χ4n) is 2.86. The maximum Gasteiger partial charge on any atom is 0.338 e. The van der Waals surface area contributed by atoms with Crippen molar-refractivity contribution < 1.29 is 9.53 Å². The van der Waals surface area contributed by atoms with Gasteiger partial charge < -0.3 is 4.74 Å². The molecular weight excluding hydrogens is 228 g/mol. The molecular formula is C14H18N2O2. The first kappa shape index (κ1) is 11.7. The van der Waals surface area contributed by atoms with E-state index in [1.807, 2.05) is 18.2 Å². The van der Waals surface area contributed by atoms with Crippen molar-refractivity contribution in [2.75, 3.05) is 6.54 Å². The van der Waals surface area contributed by atoms with Gasteiger partial charge in [-0.25, -0.2) is 4.79 Å². The van der Waals surface area contributed by atoms with Gasteiger partial charge in [0, 0.05) is 12.6 Å². The molecule has 1 aliphatic heterocycles. The maximum atomic E-state index is 12.0. The lowest BCUT2D eigenvalue weighted by Gasteiger charge is -2.30. The summed E-state index contributed by atoms with van der Waals surface area (Å²) >= 11 is 0. The number of hydrazine groups is 1. The normalized spacial score (nSPS) is 30.8. The summed E-state index contributed by atoms with van der Waals surface area (Å²) in [7, 11) is 0. The molecule has 1 aliphatic carbocycles. The van der Waals surface area contributed by atoms with Crippen LogP contribution in [0.25, 0.3) is 0 Å². The highest BCUT2D eigenvalue weighted by atomic mass is 16.5. The largest absolute Gasteiger partial charge is 0.459 e. The van der Waals surface area contributed by atoms with E-state index in [0.29, 0.717) is 17.5 Å². The van der Waals surface area contributed by atoms with E-state index < -0.39 is 0 Å². The Hall–Kier alpha value is -1.39. The van der Waals surface area contributed by atoms with Crippen molar-refractivity contribution >= 4 is 5.97 Å². The van der Waals surface area contributed by atoms with Crippen molar-refractivity contribution in [3.8, 4) is 0 Å². The van der Waals surface area contributed by atoms with Gasteiger partial charge >= 0.3 is 5.97 Å². The van der Waals surface area contributed by atoms with Gasteiger partial charge in [-0.15, -0.1) is 0 Å². The first-order valence-corrected chi connectivity index (χ1v) is 6.57. The molecule has 3 rings (SSSR count). The molecule has 0 spiro atoms. The van der Waals surface area contributed by atoms with Crippen LogP contribution in [-0.2, 0) is 4.74 Å². The Labute approximate surface area is 107 Å². The molecule has 0 amide bonds. The van der Waals surface area contributed by atoms with Crippen LogP contribution in [0.1, 0.15) is 29.6 Å². The van der Waals surface area contributed by atoms with E-state index in [-0.39, 0.29) is 12.1 Å². The summed E-state index contributed by atoms with van der Waals surface area (Å²) in [6.45, 7) is 0.976. The SMILES string of the molecule is O=C(OC1CCC2NNCC2C1)c1ccccc1. The third-order valence-electron chi connectivity index (χ3n) is 3.87. The van der Waals surface area contributed by atoms with Crippen molar-refractivity contribution in [1.29, 1.82) is 0 Å². The van der Waals surface area contributed by atoms with Gasteiger partial charge in [-0.2, -0.15) is 0 Å². The first-order chi connectivity index (χ1) is 8.83. The topological polar surface area (TPSA) is 50.4 Å². The number of ether oxygens (including phenoxy) is 1. The Balaban J connectivity index is 1.58. The van der Waals surface area contributed by atoms with Gasteiger partial charge in [-0.1, -0.05) is 18.2 Å². The van der Waals surface area contributed by atoms with Gasteiger partial charge in [0.1, 0.15) is 6.10 Å². The third kappa shape index (κ3) is 2.40. The average Bonchev–Trinajstić information content (AvgIpc) is 2.87. The summed E-state index contributed by atoms with van der Waals surface area (Å²) in [5, 5.41) is 0. The van der Waals surface area contributed by atoms with Crippen LogP contribution in [0.4, 0.5) is 0 Å². The second-order valence-electron chi connectivity index (χ2n) is 5.10. The van der Waals surface area contributed by atoms with Gasteiger partial charge in [0.2, 0.25) is 0 Å². The Morgan fingerprint density at radius 1 is 1.22 bits per heavy atom. The summed E-state index contributed by atoms with van der Waals surface area (Å²) in [6, 6.07) is 9.77. The summed E-state index contributed by atoms with van der Waals surface area (Å²) in [6.07, 6.45) is 3.06. The molecule has 3 atom stereocenters. The molecule has 96 valence electrons. The van der Waals surface area contributed by atoms with Gasteiger partial charge in [0.25, 0.3) is 0 Å². The number of fused-ring (bicyclic) bond motifs is 1. The third-order valence-corrected chi connectivity index (χ3v) is 3.87. The lowest BCUT2D eigenvalue weighted by atomic mass is 9.84. The van der Waals surface area contributed by atoms with Crippen LogP contribution in [0.2, 0.25) is 0 Å². The first-order valence-electron chi connectivity index (χ1n) is 6.57. The summed E-state index contributed by atoms with van der Waals surface area (Å²) < 4.78 is 5.59. The van der Waals surface area contributed by atoms with E-state index in [4.69, 9.17) is 4.74 Å². The molecule has 1 saturated heterocycles. The minimum absolute atomic E-state index is 0.0701. The fraction of sp³-hybridized carbons (Fsp3) is 0.500. The average molecular weight is 246 g/mol. The van der Waals surface area contributed by atoms with Gasteiger partial charge in [-0.05, 0) is 37.3 Å². The quantitative estimate of drug-likeness (QED) is 0.776. The number of benzene rings is 1. The molecule has 1 aromatic carbocycles. The number of esters is 1.